The predicted molar refractivity (Wildman–Crippen MR) is 83.8 cm³/mol. The summed E-state index contributed by atoms with van der Waals surface area (Å²) in [5, 5.41) is 0.336. The van der Waals surface area contributed by atoms with E-state index in [1.807, 2.05) is 0 Å². The van der Waals surface area contributed by atoms with Crippen LogP contribution in [-0.4, -0.2) is 25.8 Å². The van der Waals surface area contributed by atoms with E-state index in [4.69, 9.17) is 23.2 Å². The van der Waals surface area contributed by atoms with E-state index in [9.17, 15) is 8.42 Å². The summed E-state index contributed by atoms with van der Waals surface area (Å²) in [7, 11) is -3.61. The quantitative estimate of drug-likeness (QED) is 0.749. The van der Waals surface area contributed by atoms with Crippen molar-refractivity contribution in [3.63, 3.8) is 0 Å². The molecule has 1 saturated carbocycles. The Morgan fingerprint density at radius 2 is 1.60 bits per heavy atom. The lowest BCUT2D eigenvalue weighted by molar-refractivity contribution is 0.445. The van der Waals surface area contributed by atoms with E-state index in [1.165, 1.54) is 6.42 Å². The first kappa shape index (κ1) is 15.1. The molecule has 0 bridgehead atoms. The fourth-order valence-corrected chi connectivity index (χ4v) is 6.73. The zero-order valence-corrected chi connectivity index (χ0v) is 14.6. The van der Waals surface area contributed by atoms with Crippen LogP contribution in [0.4, 0.5) is 0 Å². The van der Waals surface area contributed by atoms with Crippen LogP contribution in [0.15, 0.2) is 21.5 Å². The van der Waals surface area contributed by atoms with Gasteiger partial charge in [0.15, 0.2) is 0 Å². The molecule has 1 aromatic carbocycles. The van der Waals surface area contributed by atoms with Gasteiger partial charge in [0.25, 0.3) is 0 Å². The number of hydrogen-bond acceptors (Lipinski definition) is 2. The molecule has 110 valence electrons. The highest BCUT2D eigenvalue weighted by Crippen LogP contribution is 2.42. The minimum atomic E-state index is -3.61. The SMILES string of the molecule is O=S(=O)(c1c(Cl)cc(Br)cc1Cl)N1CC2CCCC2C1. The number of nitrogens with zero attached hydrogens (tertiary/aromatic N) is 1. The average molecular weight is 399 g/mol. The summed E-state index contributed by atoms with van der Waals surface area (Å²) in [6, 6.07) is 3.13. The van der Waals surface area contributed by atoms with Crippen LogP contribution in [-0.2, 0) is 10.0 Å². The molecule has 0 aromatic heterocycles. The van der Waals surface area contributed by atoms with Crippen LogP contribution in [0.1, 0.15) is 19.3 Å². The normalized spacial score (nSPS) is 26.9. The first-order chi connectivity index (χ1) is 9.39. The van der Waals surface area contributed by atoms with E-state index in [0.29, 0.717) is 29.4 Å². The highest BCUT2D eigenvalue weighted by molar-refractivity contribution is 9.10. The highest BCUT2D eigenvalue weighted by Gasteiger charge is 2.42. The summed E-state index contributed by atoms with van der Waals surface area (Å²) in [4.78, 5) is 0.0315. The van der Waals surface area contributed by atoms with E-state index in [-0.39, 0.29) is 14.9 Å². The molecular formula is C13H14BrCl2NO2S. The van der Waals surface area contributed by atoms with Crippen LogP contribution < -0.4 is 0 Å². The number of hydrogen-bond donors (Lipinski definition) is 0. The largest absolute Gasteiger partial charge is 0.246 e. The van der Waals surface area contributed by atoms with Crippen molar-refractivity contribution in [3.8, 4) is 0 Å². The molecule has 0 N–H and O–H groups in total. The van der Waals surface area contributed by atoms with Crippen molar-refractivity contribution in [1.82, 2.24) is 4.31 Å². The fraction of sp³-hybridized carbons (Fsp3) is 0.538. The van der Waals surface area contributed by atoms with Gasteiger partial charge in [0.1, 0.15) is 4.90 Å². The van der Waals surface area contributed by atoms with Crippen molar-refractivity contribution in [3.05, 3.63) is 26.7 Å². The Hall–Kier alpha value is 0.190. The lowest BCUT2D eigenvalue weighted by Gasteiger charge is -2.19. The molecule has 3 rings (SSSR count). The Morgan fingerprint density at radius 3 is 2.10 bits per heavy atom. The minimum absolute atomic E-state index is 0.0315. The molecule has 1 aliphatic carbocycles. The van der Waals surface area contributed by atoms with Gasteiger partial charge in [0.05, 0.1) is 10.0 Å². The van der Waals surface area contributed by atoms with E-state index in [2.05, 4.69) is 15.9 Å². The molecule has 2 atom stereocenters. The molecule has 1 heterocycles. The molecule has 0 amide bonds. The van der Waals surface area contributed by atoms with Gasteiger partial charge in [0.2, 0.25) is 10.0 Å². The molecule has 2 unspecified atom stereocenters. The number of fused-ring (bicyclic) bond motifs is 1. The van der Waals surface area contributed by atoms with E-state index >= 15 is 0 Å². The van der Waals surface area contributed by atoms with Crippen LogP contribution in [0.2, 0.25) is 10.0 Å². The van der Waals surface area contributed by atoms with Gasteiger partial charge >= 0.3 is 0 Å². The molecule has 2 aliphatic rings. The van der Waals surface area contributed by atoms with Crippen molar-refractivity contribution in [1.29, 1.82) is 0 Å². The third kappa shape index (κ3) is 2.52. The maximum absolute atomic E-state index is 12.8. The van der Waals surface area contributed by atoms with Gasteiger partial charge in [-0.05, 0) is 36.8 Å². The smallest absolute Gasteiger partial charge is 0.207 e. The summed E-state index contributed by atoms with van der Waals surface area (Å²) >= 11 is 15.5. The molecule has 7 heteroatoms. The molecular weight excluding hydrogens is 385 g/mol. The third-order valence-electron chi connectivity index (χ3n) is 4.25. The second-order valence-corrected chi connectivity index (χ2v) is 9.08. The molecule has 0 radical (unpaired) electrons. The summed E-state index contributed by atoms with van der Waals surface area (Å²) in [6.07, 6.45) is 3.46. The Balaban J connectivity index is 1.97. The van der Waals surface area contributed by atoms with Gasteiger partial charge in [-0.25, -0.2) is 8.42 Å². The van der Waals surface area contributed by atoms with Crippen molar-refractivity contribution in [2.24, 2.45) is 11.8 Å². The molecule has 1 aromatic rings. The molecule has 3 nitrogen and oxygen atoms in total. The minimum Gasteiger partial charge on any atom is -0.207 e. The van der Waals surface area contributed by atoms with Crippen LogP contribution in [0.5, 0.6) is 0 Å². The van der Waals surface area contributed by atoms with Gasteiger partial charge < -0.3 is 0 Å². The van der Waals surface area contributed by atoms with Crippen LogP contribution in [0.25, 0.3) is 0 Å². The Labute approximate surface area is 137 Å². The van der Waals surface area contributed by atoms with Crippen molar-refractivity contribution >= 4 is 49.2 Å². The lowest BCUT2D eigenvalue weighted by atomic mass is 10.0. The highest BCUT2D eigenvalue weighted by atomic mass is 79.9. The Morgan fingerprint density at radius 1 is 1.10 bits per heavy atom. The number of benzene rings is 1. The zero-order chi connectivity index (χ0) is 14.5. The number of rotatable bonds is 2. The maximum atomic E-state index is 12.8. The standard InChI is InChI=1S/C13H14BrCl2NO2S/c14-10-4-11(15)13(12(16)5-10)20(18,19)17-6-8-2-1-3-9(8)7-17/h4-5,8-9H,1-3,6-7H2. The van der Waals surface area contributed by atoms with Crippen LogP contribution in [0, 0.1) is 11.8 Å². The van der Waals surface area contributed by atoms with Crippen molar-refractivity contribution in [2.45, 2.75) is 24.2 Å². The predicted octanol–water partition coefficient (Wildman–Crippen LogP) is 4.18. The van der Waals surface area contributed by atoms with Crippen molar-refractivity contribution < 1.29 is 8.42 Å². The number of sulfonamides is 1. The topological polar surface area (TPSA) is 37.4 Å². The lowest BCUT2D eigenvalue weighted by Crippen LogP contribution is -2.30. The summed E-state index contributed by atoms with van der Waals surface area (Å²) < 4.78 is 27.7. The van der Waals surface area contributed by atoms with Crippen LogP contribution >= 0.6 is 39.1 Å². The van der Waals surface area contributed by atoms with Gasteiger partial charge in [-0.2, -0.15) is 4.31 Å². The van der Waals surface area contributed by atoms with Gasteiger partial charge in [-0.1, -0.05) is 45.6 Å². The molecule has 1 aliphatic heterocycles. The van der Waals surface area contributed by atoms with E-state index in [1.54, 1.807) is 16.4 Å². The summed E-state index contributed by atoms with van der Waals surface area (Å²) in [5.41, 5.74) is 0. The van der Waals surface area contributed by atoms with Crippen molar-refractivity contribution in [2.75, 3.05) is 13.1 Å². The Kier molecular flexibility index (Phi) is 4.10. The van der Waals surface area contributed by atoms with E-state index in [0.717, 1.165) is 12.8 Å². The molecule has 2 fully saturated rings. The molecule has 0 spiro atoms. The second-order valence-electron chi connectivity index (χ2n) is 5.47. The molecule has 20 heavy (non-hydrogen) atoms. The average Bonchev–Trinajstić information content (AvgIpc) is 2.85. The van der Waals surface area contributed by atoms with Gasteiger partial charge in [0, 0.05) is 17.6 Å². The fourth-order valence-electron chi connectivity index (χ4n) is 3.29. The van der Waals surface area contributed by atoms with Crippen LogP contribution in [0.3, 0.4) is 0 Å². The van der Waals surface area contributed by atoms with E-state index < -0.39 is 10.0 Å². The third-order valence-corrected chi connectivity index (χ3v) is 7.47. The monoisotopic (exact) mass is 397 g/mol. The van der Waals surface area contributed by atoms with Gasteiger partial charge in [-0.15, -0.1) is 0 Å². The zero-order valence-electron chi connectivity index (χ0n) is 10.7. The number of halogens is 3. The Bertz CT molecular complexity index is 615. The molecule has 1 saturated heterocycles. The first-order valence-corrected chi connectivity index (χ1v) is 9.53. The summed E-state index contributed by atoms with van der Waals surface area (Å²) in [6.45, 7) is 1.19. The summed E-state index contributed by atoms with van der Waals surface area (Å²) in [5.74, 6) is 0.996. The first-order valence-electron chi connectivity index (χ1n) is 6.54. The maximum Gasteiger partial charge on any atom is 0.246 e. The second kappa shape index (κ2) is 5.43. The van der Waals surface area contributed by atoms with Gasteiger partial charge in [-0.3, -0.25) is 0 Å².